The molecule has 0 fully saturated rings. The number of Topliss-reactive ketones (excluding diaryl/α,β-unsaturated/α-hetero) is 1. The fourth-order valence-corrected chi connectivity index (χ4v) is 2.54. The Morgan fingerprint density at radius 1 is 0.850 bits per heavy atom. The van der Waals surface area contributed by atoms with Crippen molar-refractivity contribution in [3.63, 3.8) is 0 Å². The summed E-state index contributed by atoms with van der Waals surface area (Å²) in [5.41, 5.74) is 7.11. The first-order valence-electron chi connectivity index (χ1n) is 7.14. The van der Waals surface area contributed by atoms with Crippen LogP contribution in [0, 0.1) is 27.7 Å². The van der Waals surface area contributed by atoms with E-state index >= 15 is 0 Å². The molecule has 0 heterocycles. The van der Waals surface area contributed by atoms with Gasteiger partial charge in [-0.05, 0) is 68.0 Å². The Kier molecular flexibility index (Phi) is 4.39. The van der Waals surface area contributed by atoms with E-state index in [4.69, 9.17) is 0 Å². The summed E-state index contributed by atoms with van der Waals surface area (Å²) in [6, 6.07) is 12.3. The van der Waals surface area contributed by atoms with E-state index < -0.39 is 0 Å². The van der Waals surface area contributed by atoms with Gasteiger partial charge in [-0.25, -0.2) is 0 Å². The Hall–Kier alpha value is -1.89. The standard InChI is InChI=1S/C19H22O/c1-13-8-9-17(12-16(13)4)19(20)11-10-18-14(2)6-5-7-15(18)3/h5-9,12H,10-11H2,1-4H3. The van der Waals surface area contributed by atoms with Gasteiger partial charge in [0, 0.05) is 12.0 Å². The summed E-state index contributed by atoms with van der Waals surface area (Å²) in [6.07, 6.45) is 1.40. The van der Waals surface area contributed by atoms with Crippen molar-refractivity contribution in [3.05, 3.63) is 69.8 Å². The normalized spacial score (nSPS) is 10.6. The van der Waals surface area contributed by atoms with Crippen LogP contribution in [0.3, 0.4) is 0 Å². The van der Waals surface area contributed by atoms with Gasteiger partial charge in [0.25, 0.3) is 0 Å². The molecular weight excluding hydrogens is 244 g/mol. The zero-order valence-electron chi connectivity index (χ0n) is 12.8. The van der Waals surface area contributed by atoms with Gasteiger partial charge >= 0.3 is 0 Å². The van der Waals surface area contributed by atoms with E-state index in [1.54, 1.807) is 0 Å². The third-order valence-electron chi connectivity index (χ3n) is 4.08. The van der Waals surface area contributed by atoms with E-state index in [-0.39, 0.29) is 5.78 Å². The van der Waals surface area contributed by atoms with Crippen LogP contribution < -0.4 is 0 Å². The molecule has 2 aromatic rings. The molecule has 0 saturated carbocycles. The lowest BCUT2D eigenvalue weighted by molar-refractivity contribution is 0.0982. The minimum absolute atomic E-state index is 0.232. The van der Waals surface area contributed by atoms with Crippen molar-refractivity contribution in [3.8, 4) is 0 Å². The first-order valence-corrected chi connectivity index (χ1v) is 7.14. The number of aryl methyl sites for hydroxylation is 4. The van der Waals surface area contributed by atoms with Gasteiger partial charge in [0.1, 0.15) is 0 Å². The van der Waals surface area contributed by atoms with Gasteiger partial charge in [-0.15, -0.1) is 0 Å². The number of ketones is 1. The number of carbonyl (C=O) groups excluding carboxylic acids is 1. The molecule has 0 unspecified atom stereocenters. The predicted octanol–water partition coefficient (Wildman–Crippen LogP) is 4.74. The summed E-state index contributed by atoms with van der Waals surface area (Å²) in [5, 5.41) is 0. The molecule has 104 valence electrons. The van der Waals surface area contributed by atoms with Crippen LogP contribution >= 0.6 is 0 Å². The van der Waals surface area contributed by atoms with Crippen molar-refractivity contribution >= 4 is 5.78 Å². The van der Waals surface area contributed by atoms with E-state index in [0.717, 1.165) is 12.0 Å². The highest BCUT2D eigenvalue weighted by Crippen LogP contribution is 2.17. The van der Waals surface area contributed by atoms with Gasteiger partial charge in [0.15, 0.2) is 5.78 Å². The summed E-state index contributed by atoms with van der Waals surface area (Å²) in [6.45, 7) is 8.35. The van der Waals surface area contributed by atoms with Crippen molar-refractivity contribution in [1.29, 1.82) is 0 Å². The number of hydrogen-bond acceptors (Lipinski definition) is 1. The zero-order valence-corrected chi connectivity index (χ0v) is 12.8. The molecule has 1 heteroatoms. The van der Waals surface area contributed by atoms with E-state index in [0.29, 0.717) is 6.42 Å². The molecule has 0 N–H and O–H groups in total. The van der Waals surface area contributed by atoms with Crippen LogP contribution in [0.5, 0.6) is 0 Å². The van der Waals surface area contributed by atoms with E-state index in [1.807, 2.05) is 18.2 Å². The largest absolute Gasteiger partial charge is 0.294 e. The third-order valence-corrected chi connectivity index (χ3v) is 4.08. The molecule has 0 aliphatic carbocycles. The monoisotopic (exact) mass is 266 g/mol. The minimum atomic E-state index is 0.232. The SMILES string of the molecule is Cc1ccc(C(=O)CCc2c(C)cccc2C)cc1C. The minimum Gasteiger partial charge on any atom is -0.294 e. The van der Waals surface area contributed by atoms with E-state index in [2.05, 4.69) is 45.9 Å². The van der Waals surface area contributed by atoms with Gasteiger partial charge in [0.2, 0.25) is 0 Å². The summed E-state index contributed by atoms with van der Waals surface area (Å²) in [7, 11) is 0. The lowest BCUT2D eigenvalue weighted by Gasteiger charge is -2.09. The van der Waals surface area contributed by atoms with Gasteiger partial charge in [-0.1, -0.05) is 30.3 Å². The second-order valence-electron chi connectivity index (χ2n) is 5.59. The molecule has 2 rings (SSSR count). The average Bonchev–Trinajstić information content (AvgIpc) is 2.41. The quantitative estimate of drug-likeness (QED) is 0.731. The van der Waals surface area contributed by atoms with E-state index in [9.17, 15) is 4.79 Å². The van der Waals surface area contributed by atoms with Crippen molar-refractivity contribution in [1.82, 2.24) is 0 Å². The topological polar surface area (TPSA) is 17.1 Å². The molecule has 2 aromatic carbocycles. The van der Waals surface area contributed by atoms with Gasteiger partial charge < -0.3 is 0 Å². The van der Waals surface area contributed by atoms with Crippen molar-refractivity contribution < 1.29 is 4.79 Å². The smallest absolute Gasteiger partial charge is 0.163 e. The highest BCUT2D eigenvalue weighted by molar-refractivity contribution is 5.96. The molecule has 20 heavy (non-hydrogen) atoms. The summed E-state index contributed by atoms with van der Waals surface area (Å²) in [5.74, 6) is 0.232. The summed E-state index contributed by atoms with van der Waals surface area (Å²) in [4.78, 5) is 12.3. The van der Waals surface area contributed by atoms with Gasteiger partial charge in [-0.2, -0.15) is 0 Å². The Balaban J connectivity index is 2.11. The van der Waals surface area contributed by atoms with Crippen molar-refractivity contribution in [2.45, 2.75) is 40.5 Å². The van der Waals surface area contributed by atoms with Crippen LogP contribution in [-0.2, 0) is 6.42 Å². The molecule has 0 atom stereocenters. The average molecular weight is 266 g/mol. The Bertz CT molecular complexity index is 618. The van der Waals surface area contributed by atoms with Crippen LogP contribution in [0.15, 0.2) is 36.4 Å². The van der Waals surface area contributed by atoms with Crippen molar-refractivity contribution in [2.24, 2.45) is 0 Å². The van der Waals surface area contributed by atoms with Crippen LogP contribution in [0.2, 0.25) is 0 Å². The fraction of sp³-hybridized carbons (Fsp3) is 0.316. The van der Waals surface area contributed by atoms with Crippen LogP contribution in [0.1, 0.15) is 44.6 Å². The van der Waals surface area contributed by atoms with Crippen molar-refractivity contribution in [2.75, 3.05) is 0 Å². The first kappa shape index (κ1) is 14.5. The summed E-state index contributed by atoms with van der Waals surface area (Å²) < 4.78 is 0. The highest BCUT2D eigenvalue weighted by atomic mass is 16.1. The Morgan fingerprint density at radius 2 is 1.50 bits per heavy atom. The molecule has 0 radical (unpaired) electrons. The maximum atomic E-state index is 12.3. The first-order chi connectivity index (χ1) is 9.49. The fourth-order valence-electron chi connectivity index (χ4n) is 2.54. The Labute approximate surface area is 121 Å². The number of rotatable bonds is 4. The molecule has 0 aliphatic rings. The second kappa shape index (κ2) is 6.04. The molecule has 1 nitrogen and oxygen atoms in total. The maximum absolute atomic E-state index is 12.3. The van der Waals surface area contributed by atoms with E-state index in [1.165, 1.54) is 27.8 Å². The van der Waals surface area contributed by atoms with Crippen LogP contribution in [-0.4, -0.2) is 5.78 Å². The Morgan fingerprint density at radius 3 is 2.10 bits per heavy atom. The van der Waals surface area contributed by atoms with Gasteiger partial charge in [-0.3, -0.25) is 4.79 Å². The van der Waals surface area contributed by atoms with Gasteiger partial charge in [0.05, 0.1) is 0 Å². The molecule has 0 aromatic heterocycles. The second-order valence-corrected chi connectivity index (χ2v) is 5.59. The molecule has 0 saturated heterocycles. The predicted molar refractivity (Wildman–Crippen MR) is 84.5 cm³/mol. The third kappa shape index (κ3) is 3.16. The maximum Gasteiger partial charge on any atom is 0.163 e. The van der Waals surface area contributed by atoms with Crippen LogP contribution in [0.25, 0.3) is 0 Å². The highest BCUT2D eigenvalue weighted by Gasteiger charge is 2.09. The molecule has 0 bridgehead atoms. The molecule has 0 aliphatic heterocycles. The lowest BCUT2D eigenvalue weighted by atomic mass is 9.95. The molecular formula is C19H22O. The number of hydrogen-bond donors (Lipinski definition) is 0. The van der Waals surface area contributed by atoms with Crippen LogP contribution in [0.4, 0.5) is 0 Å². The molecule has 0 spiro atoms. The zero-order chi connectivity index (χ0) is 14.7. The molecule has 0 amide bonds. The number of carbonyl (C=O) groups is 1. The lowest BCUT2D eigenvalue weighted by Crippen LogP contribution is -2.04. The number of benzene rings is 2. The summed E-state index contributed by atoms with van der Waals surface area (Å²) >= 11 is 0.